The van der Waals surface area contributed by atoms with Crippen LogP contribution in [0.25, 0.3) is 0 Å². The van der Waals surface area contributed by atoms with Crippen LogP contribution >= 0.6 is 0 Å². The highest BCUT2D eigenvalue weighted by atomic mass is 32.2. The Balaban J connectivity index is 2.58. The molecule has 1 aliphatic heterocycles. The Bertz CT molecular complexity index is 515. The molecule has 0 aliphatic carbocycles. The summed E-state index contributed by atoms with van der Waals surface area (Å²) >= 11 is 0. The van der Waals surface area contributed by atoms with Crippen LogP contribution in [0.5, 0.6) is 0 Å². The van der Waals surface area contributed by atoms with Gasteiger partial charge in [0.05, 0.1) is 12.9 Å². The predicted octanol–water partition coefficient (Wildman–Crippen LogP) is 0.785. The molecule has 1 fully saturated rings. The number of sulfonamides is 1. The van der Waals surface area contributed by atoms with Crippen molar-refractivity contribution in [1.29, 1.82) is 0 Å². The fourth-order valence-electron chi connectivity index (χ4n) is 2.73. The highest BCUT2D eigenvalue weighted by molar-refractivity contribution is 7.88. The van der Waals surface area contributed by atoms with Gasteiger partial charge in [-0.3, -0.25) is 4.79 Å². The second kappa shape index (κ2) is 9.83. The second-order valence-corrected chi connectivity index (χ2v) is 7.83. The first-order valence-corrected chi connectivity index (χ1v) is 10.3. The molecule has 0 saturated carbocycles. The van der Waals surface area contributed by atoms with Gasteiger partial charge in [0.15, 0.2) is 0 Å². The van der Waals surface area contributed by atoms with E-state index in [1.807, 2.05) is 6.92 Å². The number of hydrogen-bond donors (Lipinski definition) is 1. The lowest BCUT2D eigenvalue weighted by atomic mass is 10.1. The fourth-order valence-corrected chi connectivity index (χ4v) is 3.91. The summed E-state index contributed by atoms with van der Waals surface area (Å²) in [6.45, 7) is 5.70. The number of likely N-dealkylation sites (tertiary alicyclic amines) is 1. The molecule has 0 aromatic carbocycles. The van der Waals surface area contributed by atoms with E-state index in [9.17, 15) is 18.0 Å². The van der Waals surface area contributed by atoms with Gasteiger partial charge in [-0.05, 0) is 26.2 Å². The summed E-state index contributed by atoms with van der Waals surface area (Å²) in [4.78, 5) is 25.0. The molecule has 0 radical (unpaired) electrons. The zero-order valence-electron chi connectivity index (χ0n) is 14.8. The number of amides is 2. The SMILES string of the molecule is CCCNC(=O)CCN(C1CCN(C(=O)OCC)CC1)S(C)(=O)=O. The molecule has 8 nitrogen and oxygen atoms in total. The van der Waals surface area contributed by atoms with Crippen LogP contribution in [0.4, 0.5) is 4.79 Å². The summed E-state index contributed by atoms with van der Waals surface area (Å²) in [7, 11) is -3.41. The lowest BCUT2D eigenvalue weighted by Crippen LogP contribution is -2.49. The summed E-state index contributed by atoms with van der Waals surface area (Å²) < 4.78 is 30.5. The zero-order chi connectivity index (χ0) is 18.2. The van der Waals surface area contributed by atoms with E-state index in [2.05, 4.69) is 5.32 Å². The minimum Gasteiger partial charge on any atom is -0.450 e. The van der Waals surface area contributed by atoms with Crippen LogP contribution in [0.3, 0.4) is 0 Å². The Hall–Kier alpha value is -1.35. The summed E-state index contributed by atoms with van der Waals surface area (Å²) in [6, 6.07) is -0.190. The van der Waals surface area contributed by atoms with E-state index in [0.717, 1.165) is 12.7 Å². The van der Waals surface area contributed by atoms with Gasteiger partial charge in [0.25, 0.3) is 0 Å². The van der Waals surface area contributed by atoms with Crippen LogP contribution in [0.2, 0.25) is 0 Å². The Labute approximate surface area is 144 Å². The molecule has 140 valence electrons. The van der Waals surface area contributed by atoms with Crippen LogP contribution in [0.15, 0.2) is 0 Å². The van der Waals surface area contributed by atoms with E-state index in [0.29, 0.717) is 39.1 Å². The number of nitrogens with one attached hydrogen (secondary N) is 1. The van der Waals surface area contributed by atoms with Crippen LogP contribution in [-0.4, -0.2) is 74.7 Å². The first-order valence-electron chi connectivity index (χ1n) is 8.44. The highest BCUT2D eigenvalue weighted by Crippen LogP contribution is 2.20. The van der Waals surface area contributed by atoms with Crippen molar-refractivity contribution in [2.45, 2.75) is 45.6 Å². The fraction of sp³-hybridized carbons (Fsp3) is 0.867. The Morgan fingerprint density at radius 1 is 1.25 bits per heavy atom. The number of hydrogen-bond acceptors (Lipinski definition) is 5. The molecule has 0 unspecified atom stereocenters. The van der Waals surface area contributed by atoms with Crippen molar-refractivity contribution >= 4 is 22.0 Å². The van der Waals surface area contributed by atoms with E-state index in [1.165, 1.54) is 4.31 Å². The van der Waals surface area contributed by atoms with Gasteiger partial charge in [-0.2, -0.15) is 4.31 Å². The van der Waals surface area contributed by atoms with E-state index >= 15 is 0 Å². The van der Waals surface area contributed by atoms with Crippen LogP contribution in [0, 0.1) is 0 Å². The Morgan fingerprint density at radius 3 is 2.38 bits per heavy atom. The van der Waals surface area contributed by atoms with E-state index in [-0.39, 0.29) is 31.0 Å². The molecule has 1 heterocycles. The molecule has 1 N–H and O–H groups in total. The first-order chi connectivity index (χ1) is 11.3. The van der Waals surface area contributed by atoms with Crippen LogP contribution in [0.1, 0.15) is 39.5 Å². The smallest absolute Gasteiger partial charge is 0.409 e. The van der Waals surface area contributed by atoms with Gasteiger partial charge < -0.3 is 15.0 Å². The molecule has 0 aromatic heterocycles. The maximum atomic E-state index is 12.1. The normalized spacial score (nSPS) is 16.2. The Kier molecular flexibility index (Phi) is 8.47. The molecule has 1 saturated heterocycles. The number of carbonyl (C=O) groups excluding carboxylic acids is 2. The maximum absolute atomic E-state index is 12.1. The third kappa shape index (κ3) is 6.64. The summed E-state index contributed by atoms with van der Waals surface area (Å²) in [5, 5.41) is 2.75. The maximum Gasteiger partial charge on any atom is 0.409 e. The molecule has 1 rings (SSSR count). The molecule has 24 heavy (non-hydrogen) atoms. The van der Waals surface area contributed by atoms with Crippen molar-refractivity contribution in [2.24, 2.45) is 0 Å². The minimum absolute atomic E-state index is 0.144. The van der Waals surface area contributed by atoms with Crippen molar-refractivity contribution < 1.29 is 22.7 Å². The van der Waals surface area contributed by atoms with Gasteiger partial charge in [0.1, 0.15) is 0 Å². The average Bonchev–Trinajstić information content (AvgIpc) is 2.52. The summed E-state index contributed by atoms with van der Waals surface area (Å²) in [6.07, 6.45) is 2.87. The second-order valence-electron chi connectivity index (χ2n) is 5.89. The van der Waals surface area contributed by atoms with Gasteiger partial charge in [-0.1, -0.05) is 6.92 Å². The number of nitrogens with zero attached hydrogens (tertiary/aromatic N) is 2. The standard InChI is InChI=1S/C15H29N3O5S/c1-4-9-16-14(19)8-12-18(24(3,21)22)13-6-10-17(11-7-13)15(20)23-5-2/h13H,4-12H2,1-3H3,(H,16,19). The first kappa shape index (κ1) is 20.7. The molecule has 0 bridgehead atoms. The minimum atomic E-state index is -3.41. The van der Waals surface area contributed by atoms with Crippen LogP contribution in [-0.2, 0) is 19.6 Å². The van der Waals surface area contributed by atoms with Crippen molar-refractivity contribution in [2.75, 3.05) is 39.0 Å². The largest absolute Gasteiger partial charge is 0.450 e. The van der Waals surface area contributed by atoms with E-state index in [1.54, 1.807) is 11.8 Å². The molecule has 0 aromatic rings. The van der Waals surface area contributed by atoms with Crippen molar-refractivity contribution in [3.8, 4) is 0 Å². The van der Waals surface area contributed by atoms with Gasteiger partial charge in [-0.25, -0.2) is 13.2 Å². The quantitative estimate of drug-likeness (QED) is 0.688. The monoisotopic (exact) mass is 363 g/mol. The zero-order valence-corrected chi connectivity index (χ0v) is 15.6. The summed E-state index contributed by atoms with van der Waals surface area (Å²) in [5.74, 6) is -0.144. The van der Waals surface area contributed by atoms with Crippen molar-refractivity contribution in [1.82, 2.24) is 14.5 Å². The molecular weight excluding hydrogens is 334 g/mol. The molecule has 0 atom stereocenters. The van der Waals surface area contributed by atoms with Gasteiger partial charge >= 0.3 is 6.09 Å². The van der Waals surface area contributed by atoms with Gasteiger partial charge in [0.2, 0.25) is 15.9 Å². The number of ether oxygens (including phenoxy) is 1. The summed E-state index contributed by atoms with van der Waals surface area (Å²) in [5.41, 5.74) is 0. The third-order valence-corrected chi connectivity index (χ3v) is 5.29. The Morgan fingerprint density at radius 2 is 1.88 bits per heavy atom. The molecule has 9 heteroatoms. The highest BCUT2D eigenvalue weighted by Gasteiger charge is 2.32. The van der Waals surface area contributed by atoms with E-state index < -0.39 is 10.0 Å². The lowest BCUT2D eigenvalue weighted by molar-refractivity contribution is -0.121. The van der Waals surface area contributed by atoms with Crippen LogP contribution < -0.4 is 5.32 Å². The topological polar surface area (TPSA) is 96.0 Å². The van der Waals surface area contributed by atoms with Gasteiger partial charge in [0, 0.05) is 38.6 Å². The lowest BCUT2D eigenvalue weighted by Gasteiger charge is -2.36. The third-order valence-electron chi connectivity index (χ3n) is 3.96. The molecule has 0 spiro atoms. The predicted molar refractivity (Wildman–Crippen MR) is 91.1 cm³/mol. The number of carbonyl (C=O) groups is 2. The van der Waals surface area contributed by atoms with Crippen molar-refractivity contribution in [3.63, 3.8) is 0 Å². The van der Waals surface area contributed by atoms with Crippen molar-refractivity contribution in [3.05, 3.63) is 0 Å². The molecule has 1 aliphatic rings. The average molecular weight is 363 g/mol. The number of rotatable bonds is 8. The molecule has 2 amide bonds. The number of piperidine rings is 1. The van der Waals surface area contributed by atoms with E-state index in [4.69, 9.17) is 4.74 Å². The van der Waals surface area contributed by atoms with Gasteiger partial charge in [-0.15, -0.1) is 0 Å². The molecular formula is C15H29N3O5S.